The number of benzene rings is 1. The molecule has 7 nitrogen and oxygen atoms in total. The van der Waals surface area contributed by atoms with E-state index in [0.717, 1.165) is 20.7 Å². The molecule has 0 aliphatic heterocycles. The maximum atomic E-state index is 10.6. The molecule has 0 atom stereocenters. The molecular weight excluding hydrogens is 444 g/mol. The molecule has 1 N–H and O–H groups in total. The predicted molar refractivity (Wildman–Crippen MR) is 99.6 cm³/mol. The average molecular weight is 456 g/mol. The number of nitrogens with one attached hydrogen (secondary N) is 1. The van der Waals surface area contributed by atoms with E-state index in [2.05, 4.69) is 54.0 Å². The smallest absolute Gasteiger partial charge is 0.287 e. The van der Waals surface area contributed by atoms with Gasteiger partial charge in [0.2, 0.25) is 0 Å². The molecule has 124 valence electrons. The lowest BCUT2D eigenvalue weighted by Crippen LogP contribution is -1.97. The third-order valence-corrected chi connectivity index (χ3v) is 3.90. The summed E-state index contributed by atoms with van der Waals surface area (Å²) in [6.07, 6.45) is 4.42. The zero-order chi connectivity index (χ0) is 17.5. The molecule has 0 bridgehead atoms. The highest BCUT2D eigenvalue weighted by Gasteiger charge is 2.08. The van der Waals surface area contributed by atoms with Gasteiger partial charge in [0.1, 0.15) is 24.4 Å². The molecule has 0 amide bonds. The summed E-state index contributed by atoms with van der Waals surface area (Å²) < 4.78 is 7.08. The van der Waals surface area contributed by atoms with Crippen molar-refractivity contribution < 1.29 is 9.66 Å². The monoisotopic (exact) mass is 454 g/mol. The third-order valence-electron chi connectivity index (χ3n) is 2.72. The zero-order valence-corrected chi connectivity index (χ0v) is 15.4. The molecule has 0 spiro atoms. The Kier molecular flexibility index (Phi) is 6.44. The van der Waals surface area contributed by atoms with Gasteiger partial charge in [-0.1, -0.05) is 12.7 Å². The van der Waals surface area contributed by atoms with Gasteiger partial charge in [-0.2, -0.15) is 5.10 Å². The van der Waals surface area contributed by atoms with Crippen LogP contribution in [0.3, 0.4) is 0 Å². The number of anilines is 1. The molecular formula is C15H12Br2N4O3. The molecule has 0 aliphatic carbocycles. The van der Waals surface area contributed by atoms with Crippen molar-refractivity contribution in [2.45, 2.75) is 0 Å². The number of pyridine rings is 1. The second kappa shape index (κ2) is 8.55. The molecule has 0 fully saturated rings. The number of rotatable bonds is 7. The van der Waals surface area contributed by atoms with Crippen molar-refractivity contribution >= 4 is 49.6 Å². The van der Waals surface area contributed by atoms with Gasteiger partial charge in [-0.15, -0.1) is 0 Å². The van der Waals surface area contributed by atoms with Crippen molar-refractivity contribution in [2.75, 3.05) is 12.0 Å². The first-order valence-corrected chi connectivity index (χ1v) is 8.22. The maximum absolute atomic E-state index is 10.6. The number of nitro groups is 1. The molecule has 0 saturated heterocycles. The molecule has 2 aromatic rings. The first kappa shape index (κ1) is 18.1. The van der Waals surface area contributed by atoms with E-state index in [0.29, 0.717) is 18.2 Å². The molecule has 0 aliphatic rings. The van der Waals surface area contributed by atoms with Crippen molar-refractivity contribution in [1.29, 1.82) is 0 Å². The highest BCUT2D eigenvalue weighted by Crippen LogP contribution is 2.34. The minimum Gasteiger partial charge on any atom is -0.487 e. The number of aromatic nitrogens is 1. The van der Waals surface area contributed by atoms with Gasteiger partial charge in [0.25, 0.3) is 5.69 Å². The van der Waals surface area contributed by atoms with E-state index in [1.807, 2.05) is 12.1 Å². The van der Waals surface area contributed by atoms with Crippen LogP contribution < -0.4 is 10.2 Å². The lowest BCUT2D eigenvalue weighted by molar-refractivity contribution is -0.385. The normalized spacial score (nSPS) is 10.6. The van der Waals surface area contributed by atoms with Crippen molar-refractivity contribution in [3.8, 4) is 5.75 Å². The van der Waals surface area contributed by atoms with Gasteiger partial charge < -0.3 is 4.74 Å². The Morgan fingerprint density at radius 1 is 1.38 bits per heavy atom. The Hall–Kier alpha value is -2.26. The van der Waals surface area contributed by atoms with E-state index in [1.165, 1.54) is 12.1 Å². The summed E-state index contributed by atoms with van der Waals surface area (Å²) in [5.74, 6) is 1.08. The second-order valence-electron chi connectivity index (χ2n) is 4.44. The van der Waals surface area contributed by atoms with Gasteiger partial charge in [-0.3, -0.25) is 15.5 Å². The maximum Gasteiger partial charge on any atom is 0.287 e. The van der Waals surface area contributed by atoms with Crippen LogP contribution in [0.4, 0.5) is 11.5 Å². The molecule has 1 aromatic heterocycles. The lowest BCUT2D eigenvalue weighted by Gasteiger charge is -2.09. The van der Waals surface area contributed by atoms with Crippen molar-refractivity contribution in [2.24, 2.45) is 5.10 Å². The second-order valence-corrected chi connectivity index (χ2v) is 6.15. The van der Waals surface area contributed by atoms with Crippen LogP contribution >= 0.6 is 31.9 Å². The van der Waals surface area contributed by atoms with Gasteiger partial charge in [0.05, 0.1) is 20.1 Å². The molecule has 9 heteroatoms. The number of hydrogen-bond donors (Lipinski definition) is 1. The SMILES string of the molecule is C=CCOc1c(Br)cc(/C=N\Nc2ccc([N+](=O)[O-])cn2)cc1Br. The van der Waals surface area contributed by atoms with Crippen molar-refractivity contribution in [1.82, 2.24) is 4.98 Å². The van der Waals surface area contributed by atoms with Crippen LogP contribution in [0.2, 0.25) is 0 Å². The van der Waals surface area contributed by atoms with Crippen LogP contribution in [-0.2, 0) is 0 Å². The van der Waals surface area contributed by atoms with E-state index in [4.69, 9.17) is 4.74 Å². The van der Waals surface area contributed by atoms with Crippen molar-refractivity contribution in [3.05, 3.63) is 67.7 Å². The number of nitrogens with zero attached hydrogens (tertiary/aromatic N) is 3. The summed E-state index contributed by atoms with van der Waals surface area (Å²) in [5, 5.41) is 14.6. The fourth-order valence-corrected chi connectivity index (χ4v) is 3.12. The van der Waals surface area contributed by atoms with Gasteiger partial charge in [-0.05, 0) is 55.6 Å². The summed E-state index contributed by atoms with van der Waals surface area (Å²) in [4.78, 5) is 14.0. The number of hydrogen-bond acceptors (Lipinski definition) is 6. The summed E-state index contributed by atoms with van der Waals surface area (Å²) in [5.41, 5.74) is 3.45. The highest BCUT2D eigenvalue weighted by molar-refractivity contribution is 9.11. The van der Waals surface area contributed by atoms with Crippen LogP contribution in [0.25, 0.3) is 0 Å². The number of hydrazone groups is 1. The van der Waals surface area contributed by atoms with Gasteiger partial charge in [0.15, 0.2) is 0 Å². The molecule has 2 rings (SSSR count). The fraction of sp³-hybridized carbons (Fsp3) is 0.0667. The van der Waals surface area contributed by atoms with Gasteiger partial charge in [-0.25, -0.2) is 4.98 Å². The minimum absolute atomic E-state index is 0.0764. The molecule has 1 aromatic carbocycles. The van der Waals surface area contributed by atoms with Gasteiger partial charge in [0, 0.05) is 6.07 Å². The lowest BCUT2D eigenvalue weighted by atomic mass is 10.2. The standard InChI is InChI=1S/C15H12Br2N4O3/c1-2-5-24-15-12(16)6-10(7-13(15)17)8-19-20-14-4-3-11(9-18-14)21(22)23/h2-4,6-9H,1,5H2,(H,18,20)/b19-8-. The Labute approximate surface area is 154 Å². The third kappa shape index (κ3) is 4.87. The van der Waals surface area contributed by atoms with Crippen molar-refractivity contribution in [3.63, 3.8) is 0 Å². The van der Waals surface area contributed by atoms with E-state index in [9.17, 15) is 10.1 Å². The van der Waals surface area contributed by atoms with Crippen LogP contribution in [0.5, 0.6) is 5.75 Å². The molecule has 0 radical (unpaired) electrons. The first-order chi connectivity index (χ1) is 11.5. The van der Waals surface area contributed by atoms with Crippen LogP contribution in [0.15, 0.2) is 57.2 Å². The molecule has 24 heavy (non-hydrogen) atoms. The molecule has 0 unspecified atom stereocenters. The minimum atomic E-state index is -0.509. The zero-order valence-electron chi connectivity index (χ0n) is 12.3. The quantitative estimate of drug-likeness (QED) is 0.287. The average Bonchev–Trinajstić information content (AvgIpc) is 2.54. The molecule has 1 heterocycles. The topological polar surface area (TPSA) is 89.6 Å². The van der Waals surface area contributed by atoms with E-state index in [1.54, 1.807) is 12.3 Å². The van der Waals surface area contributed by atoms with Crippen LogP contribution in [-0.4, -0.2) is 22.7 Å². The van der Waals surface area contributed by atoms with Crippen LogP contribution in [0, 0.1) is 10.1 Å². The Morgan fingerprint density at radius 2 is 2.08 bits per heavy atom. The van der Waals surface area contributed by atoms with E-state index in [-0.39, 0.29) is 5.69 Å². The van der Waals surface area contributed by atoms with Gasteiger partial charge >= 0.3 is 0 Å². The Balaban J connectivity index is 2.06. The summed E-state index contributed by atoms with van der Waals surface area (Å²) in [6, 6.07) is 6.52. The predicted octanol–water partition coefficient (Wildman–Crippen LogP) is 4.53. The van der Waals surface area contributed by atoms with Crippen LogP contribution in [0.1, 0.15) is 5.56 Å². The molecule has 0 saturated carbocycles. The Morgan fingerprint density at radius 3 is 2.62 bits per heavy atom. The summed E-state index contributed by atoms with van der Waals surface area (Å²) >= 11 is 6.88. The largest absolute Gasteiger partial charge is 0.487 e. The number of halogens is 2. The fourth-order valence-electron chi connectivity index (χ4n) is 1.67. The highest BCUT2D eigenvalue weighted by atomic mass is 79.9. The first-order valence-electron chi connectivity index (χ1n) is 6.63. The number of ether oxygens (including phenoxy) is 1. The Bertz CT molecular complexity index is 756. The summed E-state index contributed by atoms with van der Waals surface area (Å²) in [6.45, 7) is 4.01. The summed E-state index contributed by atoms with van der Waals surface area (Å²) in [7, 11) is 0. The van der Waals surface area contributed by atoms with E-state index >= 15 is 0 Å². The van der Waals surface area contributed by atoms with E-state index < -0.39 is 4.92 Å².